The molecular formula is C16H35P. The molecule has 1 aliphatic rings. The fourth-order valence-electron chi connectivity index (χ4n) is 3.85. The Bertz CT molecular complexity index is 189. The Balaban J connectivity index is 2.44. The topological polar surface area (TPSA) is 0 Å². The molecule has 0 nitrogen and oxygen atoms in total. The molecule has 0 aromatic rings. The molecule has 0 amide bonds. The van der Waals surface area contributed by atoms with Crippen LogP contribution in [0, 0.1) is 17.8 Å². The molecule has 0 aromatic heterocycles. The summed E-state index contributed by atoms with van der Waals surface area (Å²) < 4.78 is 0. The van der Waals surface area contributed by atoms with Crippen molar-refractivity contribution in [3.05, 3.63) is 0 Å². The molecule has 0 unspecified atom stereocenters. The van der Waals surface area contributed by atoms with E-state index in [-0.39, 0.29) is 0 Å². The fourth-order valence-corrected chi connectivity index (χ4v) is 7.85. The van der Waals surface area contributed by atoms with Gasteiger partial charge in [0.1, 0.15) is 0 Å². The molecular weight excluding hydrogens is 223 g/mol. The van der Waals surface area contributed by atoms with Gasteiger partial charge < -0.3 is 0 Å². The Labute approximate surface area is 110 Å². The van der Waals surface area contributed by atoms with Crippen LogP contribution in [0.1, 0.15) is 60.3 Å². The summed E-state index contributed by atoms with van der Waals surface area (Å²) in [5, 5.41) is 0. The van der Waals surface area contributed by atoms with E-state index in [4.69, 9.17) is 0 Å². The molecule has 1 fully saturated rings. The Hall–Kier alpha value is 0.430. The molecule has 0 radical (unpaired) electrons. The van der Waals surface area contributed by atoms with Gasteiger partial charge >= 0.3 is 110 Å². The SMILES string of the molecule is CC[PH](CC)(CC)CC1CCC(C(C)C)CC1. The van der Waals surface area contributed by atoms with E-state index in [1.165, 1.54) is 44.2 Å². The number of rotatable bonds is 6. The zero-order valence-electron chi connectivity index (χ0n) is 12.9. The molecule has 0 aromatic carbocycles. The second-order valence-electron chi connectivity index (χ2n) is 6.79. The maximum absolute atomic E-state index is 2.46. The average Bonchev–Trinajstić information content (AvgIpc) is 2.37. The van der Waals surface area contributed by atoms with Gasteiger partial charge in [-0.1, -0.05) is 0 Å². The average molecular weight is 258 g/mol. The summed E-state index contributed by atoms with van der Waals surface area (Å²) in [7, 11) is -0.854. The van der Waals surface area contributed by atoms with Crippen LogP contribution in [-0.2, 0) is 0 Å². The summed E-state index contributed by atoms with van der Waals surface area (Å²) in [5.74, 6) is 3.05. The van der Waals surface area contributed by atoms with E-state index in [9.17, 15) is 0 Å². The number of hydrogen-bond donors (Lipinski definition) is 0. The third-order valence-electron chi connectivity index (χ3n) is 5.81. The summed E-state index contributed by atoms with van der Waals surface area (Å²) in [4.78, 5) is 0. The molecule has 1 saturated carbocycles. The van der Waals surface area contributed by atoms with Gasteiger partial charge in [0.05, 0.1) is 0 Å². The van der Waals surface area contributed by atoms with Gasteiger partial charge in [-0.15, -0.1) is 0 Å². The van der Waals surface area contributed by atoms with Crippen LogP contribution in [0.15, 0.2) is 0 Å². The summed E-state index contributed by atoms with van der Waals surface area (Å²) in [6.45, 7) is 12.2. The molecule has 0 N–H and O–H groups in total. The number of hydrogen-bond acceptors (Lipinski definition) is 0. The minimum atomic E-state index is -0.854. The standard InChI is InChI=1S/C16H35P/c1-6-17(7-2,8-3)13-15-9-11-16(12-10-15)14(4)5/h14-17H,6-13H2,1-5H3. The first-order valence-corrected chi connectivity index (χ1v) is 10.9. The van der Waals surface area contributed by atoms with Crippen LogP contribution in [0.25, 0.3) is 0 Å². The van der Waals surface area contributed by atoms with Gasteiger partial charge in [0.15, 0.2) is 0 Å². The van der Waals surface area contributed by atoms with Gasteiger partial charge in [-0.25, -0.2) is 0 Å². The van der Waals surface area contributed by atoms with Crippen LogP contribution >= 0.6 is 7.26 Å². The Morgan fingerprint density at radius 3 is 1.71 bits per heavy atom. The first-order valence-electron chi connectivity index (χ1n) is 8.06. The molecule has 0 spiro atoms. The van der Waals surface area contributed by atoms with Crippen molar-refractivity contribution >= 4 is 7.26 Å². The van der Waals surface area contributed by atoms with Crippen LogP contribution in [-0.4, -0.2) is 24.6 Å². The molecule has 0 aliphatic heterocycles. The quantitative estimate of drug-likeness (QED) is 0.570. The van der Waals surface area contributed by atoms with Crippen LogP contribution in [0.5, 0.6) is 0 Å². The van der Waals surface area contributed by atoms with Gasteiger partial charge in [0, 0.05) is 0 Å². The van der Waals surface area contributed by atoms with E-state index in [0.717, 1.165) is 17.8 Å². The predicted octanol–water partition coefficient (Wildman–Crippen LogP) is 5.26. The Morgan fingerprint density at radius 2 is 1.35 bits per heavy atom. The molecule has 0 heterocycles. The van der Waals surface area contributed by atoms with Crippen LogP contribution in [0.3, 0.4) is 0 Å². The minimum absolute atomic E-state index is 0.854. The van der Waals surface area contributed by atoms with Crippen LogP contribution in [0.4, 0.5) is 0 Å². The third-order valence-corrected chi connectivity index (χ3v) is 11.7. The van der Waals surface area contributed by atoms with E-state index in [1.54, 1.807) is 6.16 Å². The van der Waals surface area contributed by atoms with Crippen molar-refractivity contribution in [2.75, 3.05) is 24.6 Å². The molecule has 1 rings (SSSR count). The Kier molecular flexibility index (Phi) is 6.49. The normalized spacial score (nSPS) is 27.4. The van der Waals surface area contributed by atoms with Gasteiger partial charge in [-0.2, -0.15) is 0 Å². The fraction of sp³-hybridized carbons (Fsp3) is 1.00. The molecule has 17 heavy (non-hydrogen) atoms. The maximum atomic E-state index is 2.46. The van der Waals surface area contributed by atoms with E-state index in [2.05, 4.69) is 34.6 Å². The monoisotopic (exact) mass is 258 g/mol. The van der Waals surface area contributed by atoms with E-state index < -0.39 is 7.26 Å². The molecule has 0 atom stereocenters. The van der Waals surface area contributed by atoms with Gasteiger partial charge in [-0.3, -0.25) is 0 Å². The van der Waals surface area contributed by atoms with E-state index in [1.807, 2.05) is 0 Å². The van der Waals surface area contributed by atoms with Crippen molar-refractivity contribution in [3.8, 4) is 0 Å². The Morgan fingerprint density at radius 1 is 0.882 bits per heavy atom. The second-order valence-corrected chi connectivity index (χ2v) is 12.3. The van der Waals surface area contributed by atoms with E-state index >= 15 is 0 Å². The van der Waals surface area contributed by atoms with Crippen molar-refractivity contribution in [3.63, 3.8) is 0 Å². The molecule has 1 heteroatoms. The zero-order valence-corrected chi connectivity index (χ0v) is 13.9. The zero-order chi connectivity index (χ0) is 12.9. The summed E-state index contributed by atoms with van der Waals surface area (Å²) >= 11 is 0. The summed E-state index contributed by atoms with van der Waals surface area (Å²) in [6.07, 6.45) is 12.3. The van der Waals surface area contributed by atoms with E-state index in [0.29, 0.717) is 0 Å². The second kappa shape index (κ2) is 7.13. The third kappa shape index (κ3) is 4.23. The predicted molar refractivity (Wildman–Crippen MR) is 85.1 cm³/mol. The van der Waals surface area contributed by atoms with Crippen molar-refractivity contribution in [2.45, 2.75) is 60.3 Å². The van der Waals surface area contributed by atoms with Crippen molar-refractivity contribution in [1.29, 1.82) is 0 Å². The van der Waals surface area contributed by atoms with Crippen molar-refractivity contribution < 1.29 is 0 Å². The summed E-state index contributed by atoms with van der Waals surface area (Å²) in [6, 6.07) is 0. The van der Waals surface area contributed by atoms with Crippen LogP contribution in [0.2, 0.25) is 0 Å². The van der Waals surface area contributed by atoms with Gasteiger partial charge in [-0.05, 0) is 0 Å². The van der Waals surface area contributed by atoms with Crippen molar-refractivity contribution in [1.82, 2.24) is 0 Å². The molecule has 0 bridgehead atoms. The first-order chi connectivity index (χ1) is 8.06. The molecule has 104 valence electrons. The van der Waals surface area contributed by atoms with Gasteiger partial charge in [0.2, 0.25) is 0 Å². The van der Waals surface area contributed by atoms with Gasteiger partial charge in [0.25, 0.3) is 0 Å². The van der Waals surface area contributed by atoms with Crippen molar-refractivity contribution in [2.24, 2.45) is 17.8 Å². The van der Waals surface area contributed by atoms with Crippen LogP contribution < -0.4 is 0 Å². The first kappa shape index (κ1) is 15.5. The summed E-state index contributed by atoms with van der Waals surface area (Å²) in [5.41, 5.74) is 0. The molecule has 1 aliphatic carbocycles. The molecule has 0 saturated heterocycles.